The SMILES string of the molecule is CCCCCCCCCCCCCCCC1(N(C)C)OO1. The molecule has 0 unspecified atom stereocenters. The molecule has 0 saturated carbocycles. The van der Waals surface area contributed by atoms with E-state index < -0.39 is 0 Å². The van der Waals surface area contributed by atoms with Crippen molar-refractivity contribution in [2.45, 2.75) is 103 Å². The maximum absolute atomic E-state index is 5.09. The van der Waals surface area contributed by atoms with Gasteiger partial charge >= 0.3 is 0 Å². The largest absolute Gasteiger partial charge is 0.289 e. The molecule has 0 N–H and O–H groups in total. The van der Waals surface area contributed by atoms with Gasteiger partial charge in [-0.2, -0.15) is 9.78 Å². The maximum Gasteiger partial charge on any atom is 0.289 e. The van der Waals surface area contributed by atoms with Crippen LogP contribution in [-0.2, 0) is 9.78 Å². The van der Waals surface area contributed by atoms with Crippen LogP contribution < -0.4 is 0 Å². The average molecular weight is 299 g/mol. The highest BCUT2D eigenvalue weighted by atomic mass is 17.4. The van der Waals surface area contributed by atoms with Gasteiger partial charge in [-0.1, -0.05) is 84.0 Å². The number of hydrogen-bond acceptors (Lipinski definition) is 3. The van der Waals surface area contributed by atoms with Gasteiger partial charge in [0, 0.05) is 6.42 Å². The van der Waals surface area contributed by atoms with Crippen molar-refractivity contribution in [1.82, 2.24) is 4.90 Å². The highest BCUT2D eigenvalue weighted by Gasteiger charge is 2.50. The van der Waals surface area contributed by atoms with Gasteiger partial charge in [0.25, 0.3) is 5.91 Å². The first-order chi connectivity index (χ1) is 10.2. The number of unbranched alkanes of at least 4 members (excludes halogenated alkanes) is 12. The van der Waals surface area contributed by atoms with E-state index >= 15 is 0 Å². The second-order valence-electron chi connectivity index (χ2n) is 6.77. The lowest BCUT2D eigenvalue weighted by molar-refractivity contribution is 0.0850. The summed E-state index contributed by atoms with van der Waals surface area (Å²) in [4.78, 5) is 12.2. The van der Waals surface area contributed by atoms with Crippen LogP contribution in [-0.4, -0.2) is 24.9 Å². The zero-order chi connectivity index (χ0) is 15.4. The van der Waals surface area contributed by atoms with Crippen molar-refractivity contribution in [3.63, 3.8) is 0 Å². The second-order valence-corrected chi connectivity index (χ2v) is 6.77. The van der Waals surface area contributed by atoms with Gasteiger partial charge in [-0.05, 0) is 20.5 Å². The minimum Gasteiger partial charge on any atom is -0.254 e. The van der Waals surface area contributed by atoms with Gasteiger partial charge in [0.1, 0.15) is 0 Å². The van der Waals surface area contributed by atoms with Crippen LogP contribution >= 0.6 is 0 Å². The van der Waals surface area contributed by atoms with E-state index in [1.807, 2.05) is 19.0 Å². The van der Waals surface area contributed by atoms with E-state index in [-0.39, 0.29) is 5.91 Å². The third-order valence-electron chi connectivity index (χ3n) is 4.55. The van der Waals surface area contributed by atoms with Crippen molar-refractivity contribution in [3.8, 4) is 0 Å². The summed E-state index contributed by atoms with van der Waals surface area (Å²) < 4.78 is 0. The van der Waals surface area contributed by atoms with Crippen molar-refractivity contribution in [3.05, 3.63) is 0 Å². The summed E-state index contributed by atoms with van der Waals surface area (Å²) in [6, 6.07) is 0. The monoisotopic (exact) mass is 299 g/mol. The fourth-order valence-corrected chi connectivity index (χ4v) is 2.87. The number of rotatable bonds is 15. The van der Waals surface area contributed by atoms with Crippen molar-refractivity contribution < 1.29 is 9.78 Å². The first-order valence-corrected chi connectivity index (χ1v) is 9.25. The predicted molar refractivity (Wildman–Crippen MR) is 88.9 cm³/mol. The Bertz CT molecular complexity index is 239. The van der Waals surface area contributed by atoms with Gasteiger partial charge in [-0.15, -0.1) is 0 Å². The zero-order valence-electron chi connectivity index (χ0n) is 14.7. The third-order valence-corrected chi connectivity index (χ3v) is 4.55. The van der Waals surface area contributed by atoms with Gasteiger partial charge in [-0.25, -0.2) is 0 Å². The van der Waals surface area contributed by atoms with Gasteiger partial charge < -0.3 is 0 Å². The molecular formula is C18H37NO2. The Labute approximate surface area is 132 Å². The fourth-order valence-electron chi connectivity index (χ4n) is 2.87. The molecule has 0 spiro atoms. The van der Waals surface area contributed by atoms with Crippen molar-refractivity contribution in [2.24, 2.45) is 0 Å². The van der Waals surface area contributed by atoms with E-state index in [9.17, 15) is 0 Å². The maximum atomic E-state index is 5.09. The lowest BCUT2D eigenvalue weighted by Gasteiger charge is -2.14. The summed E-state index contributed by atoms with van der Waals surface area (Å²) in [5, 5.41) is 0. The summed E-state index contributed by atoms with van der Waals surface area (Å²) in [6.45, 7) is 2.28. The molecule has 0 bridgehead atoms. The lowest BCUT2D eigenvalue weighted by Crippen LogP contribution is -2.30. The van der Waals surface area contributed by atoms with Crippen LogP contribution in [0.15, 0.2) is 0 Å². The zero-order valence-corrected chi connectivity index (χ0v) is 14.7. The van der Waals surface area contributed by atoms with Crippen molar-refractivity contribution >= 4 is 0 Å². The molecule has 0 radical (unpaired) electrons. The Balaban J connectivity index is 1.73. The summed E-state index contributed by atoms with van der Waals surface area (Å²) >= 11 is 0. The van der Waals surface area contributed by atoms with Crippen LogP contribution in [0.5, 0.6) is 0 Å². The van der Waals surface area contributed by atoms with Crippen LogP contribution in [0.3, 0.4) is 0 Å². The molecule has 3 nitrogen and oxygen atoms in total. The molecule has 126 valence electrons. The molecule has 0 aromatic heterocycles. The molecule has 1 fully saturated rings. The number of hydrogen-bond donors (Lipinski definition) is 0. The molecule has 1 rings (SSSR count). The average Bonchev–Trinajstić information content (AvgIpc) is 3.25. The molecule has 0 aliphatic carbocycles. The molecule has 1 heterocycles. The van der Waals surface area contributed by atoms with E-state index in [0.717, 1.165) is 6.42 Å². The van der Waals surface area contributed by atoms with E-state index in [1.54, 1.807) is 0 Å². The Kier molecular flexibility index (Phi) is 10.3. The number of nitrogens with zero attached hydrogens (tertiary/aromatic N) is 1. The highest BCUT2D eigenvalue weighted by molar-refractivity contribution is 4.70. The van der Waals surface area contributed by atoms with E-state index in [0.29, 0.717) is 0 Å². The lowest BCUT2D eigenvalue weighted by atomic mass is 10.0. The van der Waals surface area contributed by atoms with Crippen molar-refractivity contribution in [1.29, 1.82) is 0 Å². The topological polar surface area (TPSA) is 28.3 Å². The van der Waals surface area contributed by atoms with Gasteiger partial charge in [0.05, 0.1) is 0 Å². The molecule has 0 atom stereocenters. The van der Waals surface area contributed by atoms with E-state index in [4.69, 9.17) is 9.78 Å². The minimum atomic E-state index is -0.377. The molecule has 1 saturated heterocycles. The van der Waals surface area contributed by atoms with Crippen LogP contribution in [0.25, 0.3) is 0 Å². The Morgan fingerprint density at radius 3 is 1.33 bits per heavy atom. The van der Waals surface area contributed by atoms with E-state index in [1.165, 1.54) is 83.5 Å². The van der Waals surface area contributed by atoms with Crippen LogP contribution in [0.2, 0.25) is 0 Å². The Hall–Kier alpha value is -0.120. The molecule has 0 aromatic rings. The second kappa shape index (κ2) is 11.4. The summed E-state index contributed by atoms with van der Waals surface area (Å²) in [7, 11) is 4.02. The fraction of sp³-hybridized carbons (Fsp3) is 1.00. The van der Waals surface area contributed by atoms with Crippen LogP contribution in [0.1, 0.15) is 96.8 Å². The highest BCUT2D eigenvalue weighted by Crippen LogP contribution is 2.36. The normalized spacial score (nSPS) is 16.6. The third kappa shape index (κ3) is 8.80. The van der Waals surface area contributed by atoms with Gasteiger partial charge in [0.2, 0.25) is 0 Å². The standard InChI is InChI=1S/C18H37NO2/c1-4-5-6-7-8-9-10-11-12-13-14-15-16-17-18(19(2)3)20-21-18/h4-17H2,1-3H3. The van der Waals surface area contributed by atoms with Crippen LogP contribution in [0, 0.1) is 0 Å². The predicted octanol–water partition coefficient (Wildman–Crippen LogP) is 5.64. The molecule has 21 heavy (non-hydrogen) atoms. The molecule has 0 amide bonds. The molecular weight excluding hydrogens is 262 g/mol. The molecule has 0 aromatic carbocycles. The van der Waals surface area contributed by atoms with Gasteiger partial charge in [0.15, 0.2) is 0 Å². The minimum absolute atomic E-state index is 0.377. The first-order valence-electron chi connectivity index (χ1n) is 9.25. The summed E-state index contributed by atoms with van der Waals surface area (Å²) in [5.41, 5.74) is 0. The smallest absolute Gasteiger partial charge is 0.254 e. The molecule has 1 aliphatic rings. The summed E-state index contributed by atoms with van der Waals surface area (Å²) in [5.74, 6) is -0.377. The molecule has 1 aliphatic heterocycles. The molecule has 3 heteroatoms. The quantitative estimate of drug-likeness (QED) is 0.222. The Morgan fingerprint density at radius 2 is 1.00 bits per heavy atom. The van der Waals surface area contributed by atoms with Crippen molar-refractivity contribution in [2.75, 3.05) is 14.1 Å². The van der Waals surface area contributed by atoms with Crippen LogP contribution in [0.4, 0.5) is 0 Å². The first kappa shape index (κ1) is 18.9. The summed E-state index contributed by atoms with van der Waals surface area (Å²) in [6.07, 6.45) is 19.1. The van der Waals surface area contributed by atoms with Gasteiger partial charge in [-0.3, -0.25) is 4.90 Å². The Morgan fingerprint density at radius 1 is 0.619 bits per heavy atom. The van der Waals surface area contributed by atoms with E-state index in [2.05, 4.69) is 6.92 Å².